The van der Waals surface area contributed by atoms with Gasteiger partial charge in [0.15, 0.2) is 5.82 Å². The number of hydrogen-bond donors (Lipinski definition) is 0. The fourth-order valence-corrected chi connectivity index (χ4v) is 8.57. The topological polar surface area (TPSA) is 38.7 Å². The third kappa shape index (κ3) is 4.61. The Morgan fingerprint density at radius 2 is 1.10 bits per heavy atom. The molecule has 3 heterocycles. The molecule has 0 aliphatic heterocycles. The number of para-hydroxylation sites is 1. The van der Waals surface area contributed by atoms with Gasteiger partial charge in [0.05, 0.1) is 27.1 Å². The van der Waals surface area contributed by atoms with Crippen LogP contribution < -0.4 is 0 Å². The van der Waals surface area contributed by atoms with Crippen LogP contribution in [0.2, 0.25) is 0 Å². The van der Waals surface area contributed by atoms with Crippen molar-refractivity contribution in [2.75, 3.05) is 0 Å². The Bertz CT molecular complexity index is 2930. The standard InChI is InChI=1S/C46H29N3S/c1-28-41(37-15-7-9-17-39(37)47-42(28)34-25-26-36-33(27-34)24-19-29-11-5-6-14-35(29)36)30-20-22-32(23-21-30)46-48-43(31-12-3-2-4-13-31)45-44(49-46)38-16-8-10-18-40(38)50-45/h2-27H,1H3. The van der Waals surface area contributed by atoms with Crippen LogP contribution in [0.4, 0.5) is 0 Å². The molecule has 0 atom stereocenters. The van der Waals surface area contributed by atoms with E-state index in [4.69, 9.17) is 15.0 Å². The van der Waals surface area contributed by atoms with Gasteiger partial charge < -0.3 is 0 Å². The van der Waals surface area contributed by atoms with Crippen LogP contribution in [0.3, 0.4) is 0 Å². The summed E-state index contributed by atoms with van der Waals surface area (Å²) in [5.74, 6) is 0.729. The second kappa shape index (κ2) is 11.4. The van der Waals surface area contributed by atoms with Gasteiger partial charge in [-0.1, -0.05) is 140 Å². The van der Waals surface area contributed by atoms with Crippen LogP contribution in [-0.2, 0) is 0 Å². The molecule has 4 heteroatoms. The van der Waals surface area contributed by atoms with Gasteiger partial charge in [-0.15, -0.1) is 11.3 Å². The molecule has 7 aromatic carbocycles. The summed E-state index contributed by atoms with van der Waals surface area (Å²) in [6.07, 6.45) is 0. The number of aromatic nitrogens is 3. The van der Waals surface area contributed by atoms with Gasteiger partial charge >= 0.3 is 0 Å². The molecule has 0 amide bonds. The molecule has 3 nitrogen and oxygen atoms in total. The van der Waals surface area contributed by atoms with E-state index in [1.807, 2.05) is 6.07 Å². The summed E-state index contributed by atoms with van der Waals surface area (Å²) in [4.78, 5) is 15.6. The van der Waals surface area contributed by atoms with Crippen molar-refractivity contribution in [2.24, 2.45) is 0 Å². The molecule has 0 N–H and O–H groups in total. The summed E-state index contributed by atoms with van der Waals surface area (Å²) >= 11 is 1.76. The maximum atomic E-state index is 5.23. The average molecular weight is 656 g/mol. The zero-order valence-corrected chi connectivity index (χ0v) is 28.1. The SMILES string of the molecule is Cc1c(-c2ccc3c(ccc4ccccc43)c2)nc2ccccc2c1-c1ccc(-c2nc(-c3ccccc3)c3sc4ccccc4c3n2)cc1. The van der Waals surface area contributed by atoms with Gasteiger partial charge in [-0.05, 0) is 63.4 Å². The molecule has 0 aliphatic carbocycles. The summed E-state index contributed by atoms with van der Waals surface area (Å²) in [7, 11) is 0. The smallest absolute Gasteiger partial charge is 0.160 e. The highest BCUT2D eigenvalue weighted by molar-refractivity contribution is 7.26. The summed E-state index contributed by atoms with van der Waals surface area (Å²) in [5.41, 5.74) is 10.7. The third-order valence-electron chi connectivity index (χ3n) is 9.85. The quantitative estimate of drug-likeness (QED) is 0.177. The molecule has 0 saturated heterocycles. The summed E-state index contributed by atoms with van der Waals surface area (Å²) in [6, 6.07) is 55.9. The van der Waals surface area contributed by atoms with Crippen molar-refractivity contribution in [3.8, 4) is 45.0 Å². The molecule has 0 bridgehead atoms. The van der Waals surface area contributed by atoms with Crippen molar-refractivity contribution in [1.82, 2.24) is 15.0 Å². The van der Waals surface area contributed by atoms with Crippen LogP contribution in [0.25, 0.3) is 97.8 Å². The maximum Gasteiger partial charge on any atom is 0.160 e. The van der Waals surface area contributed by atoms with Crippen LogP contribution in [0, 0.1) is 6.92 Å². The van der Waals surface area contributed by atoms with E-state index in [1.54, 1.807) is 11.3 Å². The molecule has 0 aliphatic rings. The summed E-state index contributed by atoms with van der Waals surface area (Å²) < 4.78 is 2.34. The maximum absolute atomic E-state index is 5.23. The summed E-state index contributed by atoms with van der Waals surface area (Å²) in [5, 5.41) is 7.30. The van der Waals surface area contributed by atoms with E-state index in [-0.39, 0.29) is 0 Å². The van der Waals surface area contributed by atoms with Crippen molar-refractivity contribution in [1.29, 1.82) is 0 Å². The zero-order chi connectivity index (χ0) is 33.2. The molecule has 10 aromatic rings. The highest BCUT2D eigenvalue weighted by atomic mass is 32.1. The number of rotatable bonds is 4. The monoisotopic (exact) mass is 655 g/mol. The van der Waals surface area contributed by atoms with Gasteiger partial charge in [-0.3, -0.25) is 0 Å². The van der Waals surface area contributed by atoms with Crippen LogP contribution in [-0.4, -0.2) is 15.0 Å². The van der Waals surface area contributed by atoms with Gasteiger partial charge in [0, 0.05) is 32.2 Å². The first-order valence-corrected chi connectivity index (χ1v) is 17.7. The largest absolute Gasteiger partial charge is 0.247 e. The molecule has 50 heavy (non-hydrogen) atoms. The Kier molecular flexibility index (Phi) is 6.58. The van der Waals surface area contributed by atoms with Gasteiger partial charge in [-0.2, -0.15) is 0 Å². The minimum atomic E-state index is 0.729. The van der Waals surface area contributed by atoms with Crippen LogP contribution in [0.1, 0.15) is 5.56 Å². The minimum absolute atomic E-state index is 0.729. The fourth-order valence-electron chi connectivity index (χ4n) is 7.42. The van der Waals surface area contributed by atoms with Crippen molar-refractivity contribution in [2.45, 2.75) is 6.92 Å². The highest BCUT2D eigenvalue weighted by Gasteiger charge is 2.18. The Morgan fingerprint density at radius 1 is 0.440 bits per heavy atom. The second-order valence-electron chi connectivity index (χ2n) is 12.8. The number of pyridine rings is 1. The molecular weight excluding hydrogens is 627 g/mol. The van der Waals surface area contributed by atoms with E-state index in [2.05, 4.69) is 159 Å². The van der Waals surface area contributed by atoms with E-state index in [9.17, 15) is 0 Å². The lowest BCUT2D eigenvalue weighted by molar-refractivity contribution is 1.24. The van der Waals surface area contributed by atoms with E-state index in [0.29, 0.717) is 0 Å². The van der Waals surface area contributed by atoms with Crippen molar-refractivity contribution in [3.63, 3.8) is 0 Å². The van der Waals surface area contributed by atoms with Crippen molar-refractivity contribution < 1.29 is 0 Å². The van der Waals surface area contributed by atoms with E-state index in [0.717, 1.165) is 66.1 Å². The van der Waals surface area contributed by atoms with Crippen LogP contribution in [0.15, 0.2) is 158 Å². The first-order chi connectivity index (χ1) is 24.7. The van der Waals surface area contributed by atoms with Gasteiger partial charge in [0.1, 0.15) is 0 Å². The van der Waals surface area contributed by atoms with Gasteiger partial charge in [-0.25, -0.2) is 15.0 Å². The van der Waals surface area contributed by atoms with Gasteiger partial charge in [0.25, 0.3) is 0 Å². The van der Waals surface area contributed by atoms with E-state index < -0.39 is 0 Å². The predicted molar refractivity (Wildman–Crippen MR) is 212 cm³/mol. The minimum Gasteiger partial charge on any atom is -0.247 e. The molecule has 0 fully saturated rings. The van der Waals surface area contributed by atoms with Gasteiger partial charge in [0.2, 0.25) is 0 Å². The Hall–Kier alpha value is -6.23. The molecule has 0 spiro atoms. The molecule has 3 aromatic heterocycles. The predicted octanol–water partition coefficient (Wildman–Crippen LogP) is 12.7. The Labute approximate surface area is 293 Å². The molecule has 0 saturated carbocycles. The molecule has 0 unspecified atom stereocenters. The number of fused-ring (bicyclic) bond motifs is 7. The Balaban J connectivity index is 1.12. The number of hydrogen-bond acceptors (Lipinski definition) is 4. The van der Waals surface area contributed by atoms with Crippen molar-refractivity contribution in [3.05, 3.63) is 163 Å². The molecule has 234 valence electrons. The average Bonchev–Trinajstić information content (AvgIpc) is 3.56. The molecule has 0 radical (unpaired) electrons. The van der Waals surface area contributed by atoms with E-state index in [1.165, 1.54) is 37.2 Å². The molecule has 10 rings (SSSR count). The lowest BCUT2D eigenvalue weighted by atomic mass is 9.91. The third-order valence-corrected chi connectivity index (χ3v) is 11.0. The zero-order valence-electron chi connectivity index (χ0n) is 27.3. The number of thiophene rings is 1. The first-order valence-electron chi connectivity index (χ1n) is 16.9. The highest BCUT2D eigenvalue weighted by Crippen LogP contribution is 2.41. The Morgan fingerprint density at radius 3 is 1.96 bits per heavy atom. The first kappa shape index (κ1) is 28.8. The second-order valence-corrected chi connectivity index (χ2v) is 13.9. The normalized spacial score (nSPS) is 11.7. The van der Waals surface area contributed by atoms with Crippen LogP contribution in [0.5, 0.6) is 0 Å². The fraction of sp³-hybridized carbons (Fsp3) is 0.0217. The number of nitrogens with zero attached hydrogens (tertiary/aromatic N) is 3. The van der Waals surface area contributed by atoms with Crippen molar-refractivity contribution >= 4 is 64.1 Å². The number of benzene rings is 7. The summed E-state index contributed by atoms with van der Waals surface area (Å²) in [6.45, 7) is 2.20. The van der Waals surface area contributed by atoms with Crippen LogP contribution >= 0.6 is 11.3 Å². The van der Waals surface area contributed by atoms with E-state index >= 15 is 0 Å². The lowest BCUT2D eigenvalue weighted by Crippen LogP contribution is -1.96. The lowest BCUT2D eigenvalue weighted by Gasteiger charge is -2.16. The molecular formula is C46H29N3S.